The zero-order chi connectivity index (χ0) is 19.2. The molecule has 0 atom stereocenters. The number of hydrogen-bond acceptors (Lipinski definition) is 2. The van der Waals surface area contributed by atoms with Gasteiger partial charge in [0.25, 0.3) is 0 Å². The molecular weight excluding hydrogens is 399 g/mol. The Morgan fingerprint density at radius 3 is 2.62 bits per heavy atom. The van der Waals surface area contributed by atoms with Crippen LogP contribution in [0.1, 0.15) is 32.8 Å². The Labute approximate surface area is 162 Å². The number of hydrogen-bond donors (Lipinski definition) is 2. The molecule has 140 valence electrons. The lowest BCUT2D eigenvalue weighted by molar-refractivity contribution is 0.250. The molecule has 0 aliphatic heterocycles. The van der Waals surface area contributed by atoms with Crippen molar-refractivity contribution in [3.8, 4) is 5.75 Å². The quantitative estimate of drug-likeness (QED) is 0.605. The van der Waals surface area contributed by atoms with Gasteiger partial charge < -0.3 is 15.4 Å². The number of nitrogens with one attached hydrogen (secondary N) is 2. The van der Waals surface area contributed by atoms with Crippen LogP contribution in [0, 0.1) is 5.82 Å². The Hall–Kier alpha value is -2.08. The van der Waals surface area contributed by atoms with Crippen LogP contribution < -0.4 is 15.4 Å². The van der Waals surface area contributed by atoms with Gasteiger partial charge in [-0.05, 0) is 63.7 Å². The van der Waals surface area contributed by atoms with Crippen LogP contribution in [-0.4, -0.2) is 19.2 Å². The maximum Gasteiger partial charge on any atom is 0.319 e. The smallest absolute Gasteiger partial charge is 0.319 e. The van der Waals surface area contributed by atoms with Gasteiger partial charge >= 0.3 is 6.03 Å². The van der Waals surface area contributed by atoms with Crippen LogP contribution >= 0.6 is 15.9 Å². The number of carbonyl (C=O) groups is 1. The van der Waals surface area contributed by atoms with Crippen LogP contribution in [0.5, 0.6) is 5.75 Å². The van der Waals surface area contributed by atoms with Crippen LogP contribution in [-0.2, 0) is 5.41 Å². The third kappa shape index (κ3) is 6.33. The van der Waals surface area contributed by atoms with Gasteiger partial charge in [-0.15, -0.1) is 0 Å². The monoisotopic (exact) mass is 422 g/mol. The van der Waals surface area contributed by atoms with Gasteiger partial charge in [-0.2, -0.15) is 0 Å². The maximum atomic E-state index is 13.1. The number of urea groups is 1. The molecule has 0 saturated carbocycles. The van der Waals surface area contributed by atoms with E-state index in [9.17, 15) is 9.18 Å². The van der Waals surface area contributed by atoms with Crippen molar-refractivity contribution < 1.29 is 13.9 Å². The van der Waals surface area contributed by atoms with E-state index in [0.29, 0.717) is 25.3 Å². The minimum atomic E-state index is -0.390. The van der Waals surface area contributed by atoms with Gasteiger partial charge in [-0.3, -0.25) is 0 Å². The number of ether oxygens (including phenoxy) is 1. The number of halogens is 2. The van der Waals surface area contributed by atoms with E-state index in [1.807, 2.05) is 6.07 Å². The summed E-state index contributed by atoms with van der Waals surface area (Å²) in [5.74, 6) is 0.390. The van der Waals surface area contributed by atoms with Gasteiger partial charge in [-0.25, -0.2) is 9.18 Å². The number of carbonyl (C=O) groups excluding carboxylic acids is 1. The zero-order valence-electron chi connectivity index (χ0n) is 15.2. The average Bonchev–Trinajstić information content (AvgIpc) is 2.55. The molecular formula is C20H24BrFN2O2. The molecule has 0 fully saturated rings. The topological polar surface area (TPSA) is 50.4 Å². The normalized spacial score (nSPS) is 11.1. The Balaban J connectivity index is 1.71. The standard InChI is InChI=1S/C20H24BrFN2O2/c1-20(2,3)14-8-9-18(17(21)12-14)26-11-5-10-23-19(25)24-16-7-4-6-15(22)13-16/h4,6-9,12-13H,5,10-11H2,1-3H3,(H2,23,24,25). The molecule has 2 amide bonds. The zero-order valence-corrected chi connectivity index (χ0v) is 16.8. The second-order valence-corrected chi connectivity index (χ2v) is 7.84. The van der Waals surface area contributed by atoms with E-state index in [1.54, 1.807) is 12.1 Å². The highest BCUT2D eigenvalue weighted by Gasteiger charge is 2.15. The van der Waals surface area contributed by atoms with E-state index >= 15 is 0 Å². The fourth-order valence-electron chi connectivity index (χ4n) is 2.28. The Morgan fingerprint density at radius 1 is 1.19 bits per heavy atom. The molecule has 0 aliphatic rings. The molecule has 0 aromatic heterocycles. The number of rotatable bonds is 6. The van der Waals surface area contributed by atoms with Crippen molar-refractivity contribution in [1.82, 2.24) is 5.32 Å². The van der Waals surface area contributed by atoms with Crippen molar-refractivity contribution in [1.29, 1.82) is 0 Å². The Kier molecular flexibility index (Phi) is 7.03. The van der Waals surface area contributed by atoms with Crippen LogP contribution in [0.15, 0.2) is 46.9 Å². The van der Waals surface area contributed by atoms with Crippen molar-refractivity contribution >= 4 is 27.6 Å². The molecule has 0 bridgehead atoms. The molecule has 0 spiro atoms. The second-order valence-electron chi connectivity index (χ2n) is 6.99. The van der Waals surface area contributed by atoms with Crippen LogP contribution in [0.25, 0.3) is 0 Å². The van der Waals surface area contributed by atoms with Crippen LogP contribution in [0.2, 0.25) is 0 Å². The summed E-state index contributed by atoms with van der Waals surface area (Å²) in [6.07, 6.45) is 0.657. The molecule has 0 saturated heterocycles. The first-order chi connectivity index (χ1) is 12.3. The maximum absolute atomic E-state index is 13.1. The summed E-state index contributed by atoms with van der Waals surface area (Å²) >= 11 is 3.54. The molecule has 2 N–H and O–H groups in total. The third-order valence-corrected chi connectivity index (χ3v) is 4.36. The fraction of sp³-hybridized carbons (Fsp3) is 0.350. The molecule has 2 aromatic carbocycles. The summed E-state index contributed by atoms with van der Waals surface area (Å²) in [5.41, 5.74) is 1.73. The first kappa shape index (κ1) is 20.2. The van der Waals surface area contributed by atoms with E-state index in [2.05, 4.69) is 59.5 Å². The summed E-state index contributed by atoms with van der Waals surface area (Å²) in [4.78, 5) is 11.7. The number of benzene rings is 2. The SMILES string of the molecule is CC(C)(C)c1ccc(OCCCNC(=O)Nc2cccc(F)c2)c(Br)c1. The summed E-state index contributed by atoms with van der Waals surface area (Å²) in [6.45, 7) is 7.42. The van der Waals surface area contributed by atoms with Gasteiger partial charge in [0, 0.05) is 12.2 Å². The first-order valence-electron chi connectivity index (χ1n) is 8.49. The second kappa shape index (κ2) is 9.03. The molecule has 0 radical (unpaired) electrons. The molecule has 0 unspecified atom stereocenters. The molecule has 2 rings (SSSR count). The van der Waals surface area contributed by atoms with Crippen molar-refractivity contribution in [3.05, 3.63) is 58.3 Å². The summed E-state index contributed by atoms with van der Waals surface area (Å²) in [7, 11) is 0. The van der Waals surface area contributed by atoms with E-state index in [0.717, 1.165) is 10.2 Å². The first-order valence-corrected chi connectivity index (χ1v) is 9.28. The molecule has 4 nitrogen and oxygen atoms in total. The fourth-order valence-corrected chi connectivity index (χ4v) is 2.78. The number of amides is 2. The van der Waals surface area contributed by atoms with Crippen molar-refractivity contribution in [3.63, 3.8) is 0 Å². The predicted octanol–water partition coefficient (Wildman–Crippen LogP) is 5.48. The predicted molar refractivity (Wildman–Crippen MR) is 106 cm³/mol. The van der Waals surface area contributed by atoms with Gasteiger partial charge in [-0.1, -0.05) is 32.9 Å². The highest BCUT2D eigenvalue weighted by atomic mass is 79.9. The van der Waals surface area contributed by atoms with Crippen LogP contribution in [0.3, 0.4) is 0 Å². The van der Waals surface area contributed by atoms with Gasteiger partial charge in [0.05, 0.1) is 11.1 Å². The van der Waals surface area contributed by atoms with Crippen molar-refractivity contribution in [2.24, 2.45) is 0 Å². The molecule has 2 aromatic rings. The molecule has 0 aliphatic carbocycles. The number of anilines is 1. The highest BCUT2D eigenvalue weighted by Crippen LogP contribution is 2.31. The van der Waals surface area contributed by atoms with E-state index < -0.39 is 0 Å². The van der Waals surface area contributed by atoms with Gasteiger partial charge in [0.15, 0.2) is 0 Å². The van der Waals surface area contributed by atoms with Crippen molar-refractivity contribution in [2.75, 3.05) is 18.5 Å². The summed E-state index contributed by atoms with van der Waals surface area (Å²) < 4.78 is 19.7. The minimum absolute atomic E-state index is 0.0833. The lowest BCUT2D eigenvalue weighted by atomic mass is 9.87. The van der Waals surface area contributed by atoms with E-state index in [-0.39, 0.29) is 17.3 Å². The minimum Gasteiger partial charge on any atom is -0.492 e. The lowest BCUT2D eigenvalue weighted by Gasteiger charge is -2.20. The van der Waals surface area contributed by atoms with Crippen molar-refractivity contribution in [2.45, 2.75) is 32.6 Å². The van der Waals surface area contributed by atoms with Gasteiger partial charge in [0.1, 0.15) is 11.6 Å². The van der Waals surface area contributed by atoms with Crippen LogP contribution in [0.4, 0.5) is 14.9 Å². The Morgan fingerprint density at radius 2 is 1.96 bits per heavy atom. The summed E-state index contributed by atoms with van der Waals surface area (Å²) in [5, 5.41) is 5.30. The molecule has 6 heteroatoms. The highest BCUT2D eigenvalue weighted by molar-refractivity contribution is 9.10. The summed E-state index contributed by atoms with van der Waals surface area (Å²) in [6, 6.07) is 11.5. The van der Waals surface area contributed by atoms with Gasteiger partial charge in [0.2, 0.25) is 0 Å². The third-order valence-electron chi connectivity index (χ3n) is 3.74. The largest absolute Gasteiger partial charge is 0.492 e. The lowest BCUT2D eigenvalue weighted by Crippen LogP contribution is -2.30. The van der Waals surface area contributed by atoms with E-state index in [1.165, 1.54) is 17.7 Å². The average molecular weight is 423 g/mol. The van der Waals surface area contributed by atoms with E-state index in [4.69, 9.17) is 4.74 Å². The Bertz CT molecular complexity index is 760. The molecule has 0 heterocycles. The molecule has 26 heavy (non-hydrogen) atoms.